The Labute approximate surface area is 172 Å². The number of nitrogens with one attached hydrogen (secondary N) is 1. The van der Waals surface area contributed by atoms with Crippen molar-refractivity contribution in [3.8, 4) is 17.3 Å². The van der Waals surface area contributed by atoms with Crippen LogP contribution in [0.3, 0.4) is 0 Å². The zero-order valence-corrected chi connectivity index (χ0v) is 17.2. The Balaban J connectivity index is 1.62. The number of anilines is 1. The molecule has 0 amide bonds. The summed E-state index contributed by atoms with van der Waals surface area (Å²) in [4.78, 5) is 8.45. The summed E-state index contributed by atoms with van der Waals surface area (Å²) in [6.45, 7) is 0.253. The number of sulfonamides is 1. The number of aliphatic hydroxyl groups excluding tert-OH is 1. The number of fused-ring (bicyclic) bond motifs is 1. The first-order valence-electron chi connectivity index (χ1n) is 9.21. The fourth-order valence-corrected chi connectivity index (χ4v) is 4.27. The lowest BCUT2D eigenvalue weighted by Gasteiger charge is -2.34. The number of aliphatic hydroxyl groups is 1. The Hall–Kier alpha value is -2.83. The molecule has 0 spiro atoms. The van der Waals surface area contributed by atoms with Crippen molar-refractivity contribution < 1.29 is 22.7 Å². The Morgan fingerprint density at radius 3 is 2.87 bits per heavy atom. The molecule has 160 valence electrons. The average Bonchev–Trinajstić information content (AvgIpc) is 3.05. The van der Waals surface area contributed by atoms with E-state index in [0.717, 1.165) is 6.26 Å². The number of nitrogens with zero attached hydrogens (tertiary/aromatic N) is 5. The number of β-amino-alcohol motifs (C(OH)–C–C–N with tert-alkyl or cyclic N) is 1. The van der Waals surface area contributed by atoms with Gasteiger partial charge in [-0.2, -0.15) is 4.31 Å². The molecule has 3 aromatic heterocycles. The fourth-order valence-electron chi connectivity index (χ4n) is 3.41. The molecule has 0 aromatic carbocycles. The van der Waals surface area contributed by atoms with Crippen LogP contribution in [0.2, 0.25) is 0 Å². The number of ether oxygens (including phenoxy) is 1. The monoisotopic (exact) mass is 436 g/mol. The normalized spacial score (nSPS) is 20.4. The smallest absolute Gasteiger partial charge is 0.241 e. The van der Waals surface area contributed by atoms with Crippen molar-refractivity contribution in [3.05, 3.63) is 36.3 Å². The molecule has 0 saturated carbocycles. The van der Waals surface area contributed by atoms with Crippen molar-refractivity contribution >= 4 is 21.5 Å². The van der Waals surface area contributed by atoms with Gasteiger partial charge in [0.1, 0.15) is 5.52 Å². The molecule has 1 fully saturated rings. The molecule has 4 rings (SSSR count). The molecule has 0 unspecified atom stereocenters. The van der Waals surface area contributed by atoms with E-state index in [-0.39, 0.29) is 24.6 Å². The highest BCUT2D eigenvalue weighted by Crippen LogP contribution is 2.25. The predicted molar refractivity (Wildman–Crippen MR) is 107 cm³/mol. The summed E-state index contributed by atoms with van der Waals surface area (Å²) >= 11 is 0. The zero-order valence-electron chi connectivity index (χ0n) is 16.4. The summed E-state index contributed by atoms with van der Waals surface area (Å²) in [5.74, 6) is 0.0674. The molecule has 2 atom stereocenters. The molecule has 1 saturated heterocycles. The zero-order chi connectivity index (χ0) is 21.5. The Kier molecular flexibility index (Phi) is 5.30. The Morgan fingerprint density at radius 1 is 1.37 bits per heavy atom. The van der Waals surface area contributed by atoms with Crippen LogP contribution >= 0.6 is 0 Å². The summed E-state index contributed by atoms with van der Waals surface area (Å²) in [5, 5.41) is 17.7. The highest BCUT2D eigenvalue weighted by atomic mass is 32.2. The van der Waals surface area contributed by atoms with Gasteiger partial charge in [-0.05, 0) is 12.5 Å². The van der Waals surface area contributed by atoms with E-state index in [9.17, 15) is 17.9 Å². The van der Waals surface area contributed by atoms with Gasteiger partial charge in [0.05, 0.1) is 43.1 Å². The largest absolute Gasteiger partial charge is 0.481 e. The third-order valence-corrected chi connectivity index (χ3v) is 6.26. The van der Waals surface area contributed by atoms with Gasteiger partial charge in [-0.3, -0.25) is 0 Å². The van der Waals surface area contributed by atoms with Crippen molar-refractivity contribution in [2.45, 2.75) is 18.6 Å². The van der Waals surface area contributed by atoms with E-state index in [1.165, 1.54) is 28.2 Å². The van der Waals surface area contributed by atoms with E-state index in [0.29, 0.717) is 23.7 Å². The Morgan fingerprint density at radius 2 is 2.17 bits per heavy atom. The quantitative estimate of drug-likeness (QED) is 0.601. The number of methoxy groups -OCH3 is 1. The molecule has 4 heterocycles. The summed E-state index contributed by atoms with van der Waals surface area (Å²) in [5.41, 5.74) is 1.06. The molecular weight excluding hydrogens is 415 g/mol. The number of rotatable bonds is 5. The minimum absolute atomic E-state index is 0.0180. The van der Waals surface area contributed by atoms with E-state index in [1.807, 2.05) is 0 Å². The van der Waals surface area contributed by atoms with E-state index >= 15 is 0 Å². The third-order valence-electron chi connectivity index (χ3n) is 4.99. The molecule has 3 aromatic rings. The number of hydrogen-bond acceptors (Lipinski definition) is 8. The van der Waals surface area contributed by atoms with Gasteiger partial charge in [0.25, 0.3) is 0 Å². The van der Waals surface area contributed by atoms with Gasteiger partial charge in [-0.1, -0.05) is 6.07 Å². The van der Waals surface area contributed by atoms with Crippen LogP contribution in [0, 0.1) is 5.82 Å². The molecule has 0 aliphatic carbocycles. The number of halogens is 1. The molecule has 0 radical (unpaired) electrons. The molecule has 1 aliphatic heterocycles. The van der Waals surface area contributed by atoms with Crippen LogP contribution < -0.4 is 10.1 Å². The van der Waals surface area contributed by atoms with E-state index in [4.69, 9.17) is 4.74 Å². The van der Waals surface area contributed by atoms with Crippen LogP contribution in [0.5, 0.6) is 5.88 Å². The lowest BCUT2D eigenvalue weighted by Crippen LogP contribution is -2.51. The van der Waals surface area contributed by atoms with Crippen molar-refractivity contribution in [2.24, 2.45) is 0 Å². The van der Waals surface area contributed by atoms with E-state index < -0.39 is 28.0 Å². The maximum atomic E-state index is 14.4. The second kappa shape index (κ2) is 7.78. The Bertz CT molecular complexity index is 1180. The van der Waals surface area contributed by atoms with Gasteiger partial charge in [-0.25, -0.2) is 27.3 Å². The van der Waals surface area contributed by atoms with Crippen LogP contribution in [0.1, 0.15) is 6.42 Å². The highest BCUT2D eigenvalue weighted by Gasteiger charge is 2.32. The van der Waals surface area contributed by atoms with Crippen molar-refractivity contribution in [3.63, 3.8) is 0 Å². The van der Waals surface area contributed by atoms with Crippen molar-refractivity contribution in [2.75, 3.05) is 31.8 Å². The first-order valence-corrected chi connectivity index (χ1v) is 11.1. The number of piperidine rings is 1. The molecular formula is C18H21FN6O4S. The predicted octanol–water partition coefficient (Wildman–Crippen LogP) is 0.746. The van der Waals surface area contributed by atoms with Gasteiger partial charge in [-0.15, -0.1) is 5.10 Å². The molecule has 30 heavy (non-hydrogen) atoms. The van der Waals surface area contributed by atoms with E-state index in [2.05, 4.69) is 20.4 Å². The fraction of sp³-hybridized carbons (Fsp3) is 0.389. The second-order valence-corrected chi connectivity index (χ2v) is 9.03. The molecule has 1 aliphatic rings. The summed E-state index contributed by atoms with van der Waals surface area (Å²) in [6, 6.07) is 6.00. The maximum absolute atomic E-state index is 14.4. The molecule has 0 bridgehead atoms. The average molecular weight is 436 g/mol. The summed E-state index contributed by atoms with van der Waals surface area (Å²) < 4.78 is 45.5. The molecule has 12 heteroatoms. The number of pyridine rings is 1. The topological polar surface area (TPSA) is 122 Å². The number of hydrogen-bond donors (Lipinski definition) is 2. The standard InChI is InChI=1S/C18H21FN6O4S/c1-29-17-5-3-4-12(21-17)14-8-11(19)15-9-20-18(23-25(14)15)22-13-6-7-24(10-16(13)26)30(2,27)28/h3-5,8-9,13,16,26H,6-7,10H2,1-2H3,(H,22,23)/t13-,16-/m1/s1. The van der Waals surface area contributed by atoms with Gasteiger partial charge >= 0.3 is 0 Å². The van der Waals surface area contributed by atoms with Crippen LogP contribution in [0.15, 0.2) is 30.5 Å². The van der Waals surface area contributed by atoms with Crippen LogP contribution in [-0.4, -0.2) is 76.0 Å². The van der Waals surface area contributed by atoms with E-state index in [1.54, 1.807) is 18.2 Å². The summed E-state index contributed by atoms with van der Waals surface area (Å²) in [6.07, 6.45) is 1.89. The highest BCUT2D eigenvalue weighted by molar-refractivity contribution is 7.88. The van der Waals surface area contributed by atoms with Gasteiger partial charge in [0, 0.05) is 25.2 Å². The minimum Gasteiger partial charge on any atom is -0.481 e. The van der Waals surface area contributed by atoms with Gasteiger partial charge < -0.3 is 15.2 Å². The third kappa shape index (κ3) is 3.93. The van der Waals surface area contributed by atoms with Gasteiger partial charge in [0.2, 0.25) is 21.9 Å². The first kappa shape index (κ1) is 20.4. The molecule has 10 nitrogen and oxygen atoms in total. The second-order valence-electron chi connectivity index (χ2n) is 7.05. The lowest BCUT2D eigenvalue weighted by molar-refractivity contribution is 0.0950. The number of aromatic nitrogens is 4. The van der Waals surface area contributed by atoms with Gasteiger partial charge in [0.15, 0.2) is 5.82 Å². The lowest BCUT2D eigenvalue weighted by atomic mass is 10.0. The van der Waals surface area contributed by atoms with Crippen LogP contribution in [-0.2, 0) is 10.0 Å². The summed E-state index contributed by atoms with van der Waals surface area (Å²) in [7, 11) is -1.88. The minimum atomic E-state index is -3.37. The van der Waals surface area contributed by atoms with Crippen LogP contribution in [0.4, 0.5) is 10.3 Å². The first-order chi connectivity index (χ1) is 14.3. The van der Waals surface area contributed by atoms with Crippen molar-refractivity contribution in [1.82, 2.24) is 23.9 Å². The van der Waals surface area contributed by atoms with Crippen molar-refractivity contribution in [1.29, 1.82) is 0 Å². The molecule has 2 N–H and O–H groups in total. The maximum Gasteiger partial charge on any atom is 0.241 e. The SMILES string of the molecule is COc1cccc(-c2cc(F)c3cnc(N[C@@H]4CCN(S(C)(=O)=O)C[C@H]4O)nn23)n1. The van der Waals surface area contributed by atoms with Crippen LogP contribution in [0.25, 0.3) is 16.9 Å².